The van der Waals surface area contributed by atoms with Crippen LogP contribution in [0.5, 0.6) is 5.75 Å². The predicted molar refractivity (Wildman–Crippen MR) is 84.7 cm³/mol. The van der Waals surface area contributed by atoms with E-state index in [2.05, 4.69) is 11.1 Å². The van der Waals surface area contributed by atoms with Crippen LogP contribution in [0.2, 0.25) is 0 Å². The number of nitrogens with zero attached hydrogens (tertiary/aromatic N) is 2. The minimum Gasteiger partial charge on any atom is -0.497 e. The zero-order valence-corrected chi connectivity index (χ0v) is 12.4. The molecule has 0 spiro atoms. The van der Waals surface area contributed by atoms with Gasteiger partial charge < -0.3 is 4.74 Å². The third-order valence-electron chi connectivity index (χ3n) is 3.36. The van der Waals surface area contributed by atoms with Crippen molar-refractivity contribution in [2.75, 3.05) is 7.11 Å². The zero-order valence-electron chi connectivity index (χ0n) is 11.6. The Balaban J connectivity index is 1.85. The summed E-state index contributed by atoms with van der Waals surface area (Å²) in [7, 11) is 1.65. The van der Waals surface area contributed by atoms with Crippen LogP contribution >= 0.6 is 11.3 Å². The van der Waals surface area contributed by atoms with Crippen LogP contribution in [0.25, 0.3) is 10.2 Å². The van der Waals surface area contributed by atoms with Crippen LogP contribution in [0, 0.1) is 11.3 Å². The highest BCUT2D eigenvalue weighted by atomic mass is 32.1. The van der Waals surface area contributed by atoms with Crippen molar-refractivity contribution in [2.45, 2.75) is 12.3 Å². The number of methoxy groups -OCH3 is 1. The van der Waals surface area contributed by atoms with Crippen molar-refractivity contribution in [3.63, 3.8) is 0 Å². The SMILES string of the molecule is COc1ccc(C[C@@H](C#N)c2nc3ccccc3s2)cc1. The second kappa shape index (κ2) is 5.94. The molecule has 4 heteroatoms. The Bertz CT molecular complexity index is 753. The molecule has 21 heavy (non-hydrogen) atoms. The normalized spacial score (nSPS) is 12.0. The van der Waals surface area contributed by atoms with Crippen LogP contribution in [0.15, 0.2) is 48.5 Å². The number of rotatable bonds is 4. The topological polar surface area (TPSA) is 45.9 Å². The van der Waals surface area contributed by atoms with E-state index < -0.39 is 0 Å². The van der Waals surface area contributed by atoms with Crippen LogP contribution in [-0.4, -0.2) is 12.1 Å². The molecule has 0 aliphatic carbocycles. The lowest BCUT2D eigenvalue weighted by atomic mass is 10.0. The van der Waals surface area contributed by atoms with Gasteiger partial charge in [-0.05, 0) is 36.2 Å². The van der Waals surface area contributed by atoms with Crippen molar-refractivity contribution in [3.05, 3.63) is 59.1 Å². The van der Waals surface area contributed by atoms with Gasteiger partial charge in [0.15, 0.2) is 0 Å². The van der Waals surface area contributed by atoms with Crippen LogP contribution in [0.4, 0.5) is 0 Å². The fourth-order valence-corrected chi connectivity index (χ4v) is 3.24. The molecular weight excluding hydrogens is 280 g/mol. The zero-order chi connectivity index (χ0) is 14.7. The number of thiazole rings is 1. The van der Waals surface area contributed by atoms with Gasteiger partial charge in [-0.3, -0.25) is 0 Å². The van der Waals surface area contributed by atoms with Gasteiger partial charge in [0, 0.05) is 0 Å². The largest absolute Gasteiger partial charge is 0.497 e. The Morgan fingerprint density at radius 2 is 1.95 bits per heavy atom. The monoisotopic (exact) mass is 294 g/mol. The molecule has 0 saturated heterocycles. The van der Waals surface area contributed by atoms with E-state index in [1.165, 1.54) is 0 Å². The summed E-state index contributed by atoms with van der Waals surface area (Å²) in [5.41, 5.74) is 2.08. The average Bonchev–Trinajstić information content (AvgIpc) is 2.97. The van der Waals surface area contributed by atoms with Crippen LogP contribution in [0.3, 0.4) is 0 Å². The summed E-state index contributed by atoms with van der Waals surface area (Å²) in [5, 5.41) is 10.3. The first-order valence-corrected chi connectivity index (χ1v) is 7.50. The lowest BCUT2D eigenvalue weighted by Crippen LogP contribution is -2.00. The smallest absolute Gasteiger partial charge is 0.118 e. The Morgan fingerprint density at radius 1 is 1.19 bits per heavy atom. The van der Waals surface area contributed by atoms with E-state index in [9.17, 15) is 5.26 Å². The highest BCUT2D eigenvalue weighted by molar-refractivity contribution is 7.18. The molecule has 3 nitrogen and oxygen atoms in total. The van der Waals surface area contributed by atoms with Gasteiger partial charge in [0.05, 0.1) is 23.4 Å². The van der Waals surface area contributed by atoms with E-state index in [0.29, 0.717) is 6.42 Å². The molecule has 0 fully saturated rings. The fraction of sp³-hybridized carbons (Fsp3) is 0.176. The van der Waals surface area contributed by atoms with Gasteiger partial charge in [-0.2, -0.15) is 5.26 Å². The summed E-state index contributed by atoms with van der Waals surface area (Å²) in [6, 6.07) is 18.2. The minimum absolute atomic E-state index is 0.212. The summed E-state index contributed by atoms with van der Waals surface area (Å²) < 4.78 is 6.28. The van der Waals surface area contributed by atoms with Gasteiger partial charge in [0.25, 0.3) is 0 Å². The number of hydrogen-bond donors (Lipinski definition) is 0. The minimum atomic E-state index is -0.212. The van der Waals surface area contributed by atoms with Crippen molar-refractivity contribution in [3.8, 4) is 11.8 Å². The molecule has 1 atom stereocenters. The lowest BCUT2D eigenvalue weighted by molar-refractivity contribution is 0.414. The van der Waals surface area contributed by atoms with Crippen LogP contribution < -0.4 is 4.74 Å². The molecule has 0 unspecified atom stereocenters. The molecule has 1 heterocycles. The first-order chi connectivity index (χ1) is 10.3. The molecule has 0 aliphatic heterocycles. The molecule has 0 aliphatic rings. The maximum absolute atomic E-state index is 9.46. The quantitative estimate of drug-likeness (QED) is 0.726. The second-order valence-electron chi connectivity index (χ2n) is 4.75. The van der Waals surface area contributed by atoms with Gasteiger partial charge in [-0.25, -0.2) is 4.98 Å². The van der Waals surface area contributed by atoms with E-state index in [1.54, 1.807) is 18.4 Å². The predicted octanol–water partition coefficient (Wildman–Crippen LogP) is 4.15. The van der Waals surface area contributed by atoms with Crippen LogP contribution in [-0.2, 0) is 6.42 Å². The Morgan fingerprint density at radius 3 is 2.62 bits per heavy atom. The third-order valence-corrected chi connectivity index (χ3v) is 4.51. The van der Waals surface area contributed by atoms with E-state index in [-0.39, 0.29) is 5.92 Å². The molecule has 3 rings (SSSR count). The number of para-hydroxylation sites is 1. The van der Waals surface area contributed by atoms with Crippen molar-refractivity contribution in [1.82, 2.24) is 4.98 Å². The van der Waals surface area contributed by atoms with Crippen molar-refractivity contribution in [1.29, 1.82) is 5.26 Å². The second-order valence-corrected chi connectivity index (χ2v) is 5.82. The molecule has 1 aromatic heterocycles. The Kier molecular flexibility index (Phi) is 3.85. The molecule has 0 amide bonds. The van der Waals surface area contributed by atoms with Crippen LogP contribution in [0.1, 0.15) is 16.5 Å². The van der Waals surface area contributed by atoms with E-state index in [1.807, 2.05) is 48.5 Å². The van der Waals surface area contributed by atoms with Gasteiger partial charge in [-0.1, -0.05) is 24.3 Å². The van der Waals surface area contributed by atoms with E-state index in [0.717, 1.165) is 26.5 Å². The van der Waals surface area contributed by atoms with Crippen molar-refractivity contribution < 1.29 is 4.74 Å². The molecule has 0 saturated carbocycles. The van der Waals surface area contributed by atoms with Gasteiger partial charge in [0.2, 0.25) is 0 Å². The lowest BCUT2D eigenvalue weighted by Gasteiger charge is -2.06. The highest BCUT2D eigenvalue weighted by Gasteiger charge is 2.16. The van der Waals surface area contributed by atoms with Gasteiger partial charge in [-0.15, -0.1) is 11.3 Å². The molecule has 3 aromatic rings. The summed E-state index contributed by atoms with van der Waals surface area (Å²) in [6.45, 7) is 0. The maximum Gasteiger partial charge on any atom is 0.118 e. The fourth-order valence-electron chi connectivity index (χ4n) is 2.22. The number of benzene rings is 2. The molecule has 104 valence electrons. The van der Waals surface area contributed by atoms with Gasteiger partial charge in [0.1, 0.15) is 16.7 Å². The highest BCUT2D eigenvalue weighted by Crippen LogP contribution is 2.29. The summed E-state index contributed by atoms with van der Waals surface area (Å²) in [5.74, 6) is 0.614. The average molecular weight is 294 g/mol. The standard InChI is InChI=1S/C17H14N2OS/c1-20-14-8-6-12(7-9-14)10-13(11-18)17-19-15-4-2-3-5-16(15)21-17/h2-9,13H,10H2,1H3/t13-/m0/s1. The summed E-state index contributed by atoms with van der Waals surface area (Å²) in [4.78, 5) is 4.59. The first kappa shape index (κ1) is 13.6. The number of nitriles is 1. The van der Waals surface area contributed by atoms with E-state index in [4.69, 9.17) is 4.74 Å². The molecule has 2 aromatic carbocycles. The van der Waals surface area contributed by atoms with E-state index >= 15 is 0 Å². The molecular formula is C17H14N2OS. The van der Waals surface area contributed by atoms with Crippen molar-refractivity contribution >= 4 is 21.6 Å². The third kappa shape index (κ3) is 2.88. The Hall–Kier alpha value is -2.38. The number of hydrogen-bond acceptors (Lipinski definition) is 4. The molecule has 0 N–H and O–H groups in total. The Labute approximate surface area is 127 Å². The van der Waals surface area contributed by atoms with Gasteiger partial charge >= 0.3 is 0 Å². The maximum atomic E-state index is 9.46. The van der Waals surface area contributed by atoms with Crippen molar-refractivity contribution in [2.24, 2.45) is 0 Å². The number of aromatic nitrogens is 1. The molecule has 0 radical (unpaired) electrons. The molecule has 0 bridgehead atoms. The number of ether oxygens (including phenoxy) is 1. The first-order valence-electron chi connectivity index (χ1n) is 6.68. The summed E-state index contributed by atoms with van der Waals surface area (Å²) >= 11 is 1.60. The number of fused-ring (bicyclic) bond motifs is 1. The summed E-state index contributed by atoms with van der Waals surface area (Å²) in [6.07, 6.45) is 0.667.